The van der Waals surface area contributed by atoms with Crippen LogP contribution >= 0.6 is 35.0 Å². The molecule has 5 heteroatoms. The van der Waals surface area contributed by atoms with Crippen molar-refractivity contribution in [2.24, 2.45) is 0 Å². The molecule has 0 saturated carbocycles. The third-order valence-electron chi connectivity index (χ3n) is 2.36. The lowest BCUT2D eigenvalue weighted by Crippen LogP contribution is -1.87. The number of thioether (sulfide) groups is 1. The summed E-state index contributed by atoms with van der Waals surface area (Å²) in [5.74, 6) is 0.249. The number of hydrogen-bond acceptors (Lipinski definition) is 2. The number of benzene rings is 2. The molecular formula is C13H10Cl2FNS. The third-order valence-corrected chi connectivity index (χ3v) is 4.06. The van der Waals surface area contributed by atoms with Gasteiger partial charge in [0, 0.05) is 10.6 Å². The van der Waals surface area contributed by atoms with E-state index in [1.807, 2.05) is 6.07 Å². The summed E-state index contributed by atoms with van der Waals surface area (Å²) in [4.78, 5) is 0.990. The van der Waals surface area contributed by atoms with E-state index in [9.17, 15) is 4.39 Å². The van der Waals surface area contributed by atoms with Crippen LogP contribution in [-0.2, 0) is 5.75 Å². The molecule has 0 atom stereocenters. The van der Waals surface area contributed by atoms with E-state index < -0.39 is 5.82 Å². The first-order chi connectivity index (χ1) is 8.56. The molecular weight excluding hydrogens is 292 g/mol. The van der Waals surface area contributed by atoms with Crippen molar-refractivity contribution in [1.29, 1.82) is 0 Å². The van der Waals surface area contributed by atoms with E-state index in [1.54, 1.807) is 36.0 Å². The molecule has 0 amide bonds. The van der Waals surface area contributed by atoms with Gasteiger partial charge in [-0.25, -0.2) is 4.39 Å². The first-order valence-electron chi connectivity index (χ1n) is 5.18. The van der Waals surface area contributed by atoms with E-state index >= 15 is 0 Å². The van der Waals surface area contributed by atoms with Crippen LogP contribution in [0.2, 0.25) is 10.0 Å². The van der Waals surface area contributed by atoms with Gasteiger partial charge < -0.3 is 5.73 Å². The summed E-state index contributed by atoms with van der Waals surface area (Å²) in [6.45, 7) is 0. The number of hydrogen-bond donors (Lipinski definition) is 1. The van der Waals surface area contributed by atoms with Crippen molar-refractivity contribution in [2.45, 2.75) is 10.6 Å². The second-order valence-corrected chi connectivity index (χ2v) is 5.58. The molecule has 0 aliphatic heterocycles. The Kier molecular flexibility index (Phi) is 4.38. The number of nitrogen functional groups attached to an aromatic ring is 1. The Morgan fingerprint density at radius 2 is 1.83 bits per heavy atom. The zero-order chi connectivity index (χ0) is 13.1. The quantitative estimate of drug-likeness (QED) is 0.637. The monoisotopic (exact) mass is 301 g/mol. The third kappa shape index (κ3) is 3.31. The number of nitrogens with two attached hydrogens (primary N) is 1. The smallest absolute Gasteiger partial charge is 0.142 e. The minimum Gasteiger partial charge on any atom is -0.398 e. The van der Waals surface area contributed by atoms with Crippen LogP contribution in [-0.4, -0.2) is 0 Å². The maximum absolute atomic E-state index is 13.2. The van der Waals surface area contributed by atoms with Crippen LogP contribution in [0.1, 0.15) is 5.56 Å². The zero-order valence-electron chi connectivity index (χ0n) is 9.29. The molecule has 0 saturated heterocycles. The zero-order valence-corrected chi connectivity index (χ0v) is 11.6. The number of anilines is 1. The second kappa shape index (κ2) is 5.83. The maximum Gasteiger partial charge on any atom is 0.142 e. The maximum atomic E-state index is 13.2. The molecule has 0 unspecified atom stereocenters. The van der Waals surface area contributed by atoms with Gasteiger partial charge in [0.25, 0.3) is 0 Å². The highest BCUT2D eigenvalue weighted by molar-refractivity contribution is 7.98. The van der Waals surface area contributed by atoms with Crippen molar-refractivity contribution in [3.05, 3.63) is 57.8 Å². The fourth-order valence-electron chi connectivity index (χ4n) is 1.39. The predicted octanol–water partition coefficient (Wildman–Crippen LogP) is 5.01. The number of halogens is 3. The topological polar surface area (TPSA) is 26.0 Å². The van der Waals surface area contributed by atoms with Gasteiger partial charge in [-0.1, -0.05) is 29.3 Å². The van der Waals surface area contributed by atoms with Crippen molar-refractivity contribution in [1.82, 2.24) is 0 Å². The molecule has 0 spiro atoms. The fraction of sp³-hybridized carbons (Fsp3) is 0.0769. The molecule has 2 N–H and O–H groups in total. The molecule has 0 heterocycles. The molecule has 0 radical (unpaired) electrons. The molecule has 0 aliphatic carbocycles. The van der Waals surface area contributed by atoms with Gasteiger partial charge >= 0.3 is 0 Å². The lowest BCUT2D eigenvalue weighted by molar-refractivity contribution is 0.627. The normalized spacial score (nSPS) is 10.6. The first kappa shape index (κ1) is 13.5. The van der Waals surface area contributed by atoms with Crippen molar-refractivity contribution in [3.8, 4) is 0 Å². The van der Waals surface area contributed by atoms with Crippen LogP contribution in [0.25, 0.3) is 0 Å². The van der Waals surface area contributed by atoms with E-state index in [2.05, 4.69) is 0 Å². The van der Waals surface area contributed by atoms with Crippen LogP contribution < -0.4 is 5.73 Å². The molecule has 0 bridgehead atoms. The first-order valence-corrected chi connectivity index (χ1v) is 6.92. The van der Waals surface area contributed by atoms with Crippen LogP contribution in [0, 0.1) is 5.82 Å². The standard InChI is InChI=1S/C13H10Cl2FNS/c14-10-3-1-8(5-12(10)16)7-18-9-2-4-13(17)11(15)6-9/h1-6H,7,17H2. The van der Waals surface area contributed by atoms with Gasteiger partial charge in [-0.05, 0) is 35.9 Å². The Hall–Kier alpha value is -0.900. The summed E-state index contributed by atoms with van der Waals surface area (Å²) in [5.41, 5.74) is 7.05. The van der Waals surface area contributed by atoms with Gasteiger partial charge in [0.15, 0.2) is 0 Å². The predicted molar refractivity (Wildman–Crippen MR) is 76.8 cm³/mol. The summed E-state index contributed by atoms with van der Waals surface area (Å²) in [7, 11) is 0. The summed E-state index contributed by atoms with van der Waals surface area (Å²) in [6.07, 6.45) is 0. The molecule has 0 aromatic heterocycles. The highest BCUT2D eigenvalue weighted by Crippen LogP contribution is 2.29. The largest absolute Gasteiger partial charge is 0.398 e. The van der Waals surface area contributed by atoms with E-state index in [0.29, 0.717) is 16.5 Å². The van der Waals surface area contributed by atoms with E-state index in [4.69, 9.17) is 28.9 Å². The fourth-order valence-corrected chi connectivity index (χ4v) is 2.63. The van der Waals surface area contributed by atoms with Crippen LogP contribution in [0.4, 0.5) is 10.1 Å². The Morgan fingerprint density at radius 1 is 1.06 bits per heavy atom. The highest BCUT2D eigenvalue weighted by Gasteiger charge is 2.03. The Morgan fingerprint density at radius 3 is 2.50 bits per heavy atom. The lowest BCUT2D eigenvalue weighted by atomic mass is 10.2. The van der Waals surface area contributed by atoms with Crippen LogP contribution in [0.5, 0.6) is 0 Å². The van der Waals surface area contributed by atoms with Crippen molar-refractivity contribution in [2.75, 3.05) is 5.73 Å². The molecule has 2 aromatic rings. The molecule has 0 aliphatic rings. The highest BCUT2D eigenvalue weighted by atomic mass is 35.5. The van der Waals surface area contributed by atoms with Gasteiger partial charge in [-0.3, -0.25) is 0 Å². The molecule has 2 aromatic carbocycles. The van der Waals surface area contributed by atoms with Gasteiger partial charge in [0.2, 0.25) is 0 Å². The SMILES string of the molecule is Nc1ccc(SCc2ccc(Cl)c(F)c2)cc1Cl. The van der Waals surface area contributed by atoms with Gasteiger partial charge in [0.1, 0.15) is 5.82 Å². The average Bonchev–Trinajstić information content (AvgIpc) is 2.35. The van der Waals surface area contributed by atoms with E-state index in [1.165, 1.54) is 6.07 Å². The molecule has 94 valence electrons. The minimum absolute atomic E-state index is 0.138. The average molecular weight is 302 g/mol. The Labute approximate surface area is 119 Å². The molecule has 1 nitrogen and oxygen atoms in total. The van der Waals surface area contributed by atoms with Crippen molar-refractivity contribution >= 4 is 40.7 Å². The molecule has 0 fully saturated rings. The second-order valence-electron chi connectivity index (χ2n) is 3.72. The van der Waals surface area contributed by atoms with Crippen LogP contribution in [0.15, 0.2) is 41.3 Å². The Balaban J connectivity index is 2.06. The molecule has 18 heavy (non-hydrogen) atoms. The van der Waals surface area contributed by atoms with Gasteiger partial charge in [-0.2, -0.15) is 0 Å². The molecule has 2 rings (SSSR count). The summed E-state index contributed by atoms with van der Waals surface area (Å²) >= 11 is 13.1. The minimum atomic E-state index is -0.398. The Bertz CT molecular complexity index is 523. The van der Waals surface area contributed by atoms with E-state index in [-0.39, 0.29) is 5.02 Å². The number of rotatable bonds is 3. The van der Waals surface area contributed by atoms with Crippen LogP contribution in [0.3, 0.4) is 0 Å². The van der Waals surface area contributed by atoms with Crippen molar-refractivity contribution < 1.29 is 4.39 Å². The van der Waals surface area contributed by atoms with E-state index in [0.717, 1.165) is 10.5 Å². The van der Waals surface area contributed by atoms with Gasteiger partial charge in [-0.15, -0.1) is 11.8 Å². The van der Waals surface area contributed by atoms with Crippen molar-refractivity contribution in [3.63, 3.8) is 0 Å². The summed E-state index contributed by atoms with van der Waals surface area (Å²) < 4.78 is 13.2. The lowest BCUT2D eigenvalue weighted by Gasteiger charge is -2.05. The van der Waals surface area contributed by atoms with Gasteiger partial charge in [0.05, 0.1) is 15.7 Å². The summed E-state index contributed by atoms with van der Waals surface area (Å²) in [5, 5.41) is 0.668. The summed E-state index contributed by atoms with van der Waals surface area (Å²) in [6, 6.07) is 10.2.